The van der Waals surface area contributed by atoms with Gasteiger partial charge in [0.25, 0.3) is 5.56 Å². The minimum Gasteiger partial charge on any atom is -0.367 e. The van der Waals surface area contributed by atoms with E-state index in [1.165, 1.54) is 0 Å². The molecular formula is C17H23N3O2. The molecule has 0 aliphatic carbocycles. The number of nitrogens with two attached hydrogens (primary N) is 1. The van der Waals surface area contributed by atoms with Crippen LogP contribution in [0.5, 0.6) is 0 Å². The Labute approximate surface area is 130 Å². The summed E-state index contributed by atoms with van der Waals surface area (Å²) in [5.41, 5.74) is 8.20. The lowest BCUT2D eigenvalue weighted by Crippen LogP contribution is -2.33. The maximum absolute atomic E-state index is 12.8. The van der Waals surface area contributed by atoms with Gasteiger partial charge in [-0.25, -0.2) is 4.98 Å². The highest BCUT2D eigenvalue weighted by atomic mass is 16.5. The molecule has 1 saturated heterocycles. The van der Waals surface area contributed by atoms with Crippen LogP contribution in [0.4, 0.5) is 0 Å². The van der Waals surface area contributed by atoms with E-state index in [-0.39, 0.29) is 11.6 Å². The molecule has 1 aromatic carbocycles. The van der Waals surface area contributed by atoms with Crippen molar-refractivity contribution in [1.29, 1.82) is 0 Å². The van der Waals surface area contributed by atoms with Crippen LogP contribution in [0, 0.1) is 6.92 Å². The predicted molar refractivity (Wildman–Crippen MR) is 86.9 cm³/mol. The quantitative estimate of drug-likeness (QED) is 0.924. The van der Waals surface area contributed by atoms with Gasteiger partial charge in [-0.2, -0.15) is 0 Å². The molecule has 118 valence electrons. The smallest absolute Gasteiger partial charge is 0.261 e. The second kappa shape index (κ2) is 5.18. The molecule has 2 heterocycles. The Morgan fingerprint density at radius 1 is 1.45 bits per heavy atom. The third kappa shape index (κ3) is 2.25. The summed E-state index contributed by atoms with van der Waals surface area (Å²) in [6, 6.07) is 3.73. The average molecular weight is 301 g/mol. The zero-order valence-corrected chi connectivity index (χ0v) is 13.6. The molecule has 0 spiro atoms. The normalized spacial score (nSPS) is 23.1. The Bertz CT molecular complexity index is 787. The molecule has 1 aromatic heterocycles. The van der Waals surface area contributed by atoms with Crippen LogP contribution in [0.25, 0.3) is 10.9 Å². The lowest BCUT2D eigenvalue weighted by Gasteiger charge is -2.25. The van der Waals surface area contributed by atoms with Crippen LogP contribution in [0.1, 0.15) is 49.7 Å². The molecule has 5 nitrogen and oxygen atoms in total. The van der Waals surface area contributed by atoms with Gasteiger partial charge in [-0.15, -0.1) is 0 Å². The van der Waals surface area contributed by atoms with Crippen molar-refractivity contribution in [3.05, 3.63) is 39.4 Å². The summed E-state index contributed by atoms with van der Waals surface area (Å²) < 4.78 is 7.50. The predicted octanol–water partition coefficient (Wildman–Crippen LogP) is 2.29. The third-order valence-corrected chi connectivity index (χ3v) is 4.54. The maximum Gasteiger partial charge on any atom is 0.261 e. The molecule has 0 saturated carbocycles. The summed E-state index contributed by atoms with van der Waals surface area (Å²) in [6.07, 6.45) is 1.86. The Morgan fingerprint density at radius 3 is 2.77 bits per heavy atom. The van der Waals surface area contributed by atoms with Crippen LogP contribution in [-0.4, -0.2) is 16.2 Å². The first-order valence-electron chi connectivity index (χ1n) is 7.75. The maximum atomic E-state index is 12.8. The summed E-state index contributed by atoms with van der Waals surface area (Å²) >= 11 is 0. The minimum atomic E-state index is -0.498. The molecule has 1 fully saturated rings. The van der Waals surface area contributed by atoms with Gasteiger partial charge in [0.15, 0.2) is 0 Å². The monoisotopic (exact) mass is 301 g/mol. The first kappa shape index (κ1) is 15.2. The molecule has 2 aromatic rings. The number of aryl methyl sites for hydroxylation is 1. The fourth-order valence-electron chi connectivity index (χ4n) is 3.33. The summed E-state index contributed by atoms with van der Waals surface area (Å²) in [5, 5.41) is 0.625. The molecular weight excluding hydrogens is 278 g/mol. The lowest BCUT2D eigenvalue weighted by molar-refractivity contribution is 0.00637. The van der Waals surface area contributed by atoms with E-state index in [2.05, 4.69) is 0 Å². The van der Waals surface area contributed by atoms with Crippen LogP contribution in [0.15, 0.2) is 16.9 Å². The van der Waals surface area contributed by atoms with Gasteiger partial charge in [-0.1, -0.05) is 6.07 Å². The van der Waals surface area contributed by atoms with Gasteiger partial charge in [0.1, 0.15) is 11.4 Å². The van der Waals surface area contributed by atoms with Crippen LogP contribution in [0.3, 0.4) is 0 Å². The second-order valence-electron chi connectivity index (χ2n) is 6.52. The molecule has 1 aliphatic heterocycles. The zero-order valence-electron chi connectivity index (χ0n) is 13.6. The van der Waals surface area contributed by atoms with E-state index < -0.39 is 5.60 Å². The van der Waals surface area contributed by atoms with Crippen molar-refractivity contribution in [2.45, 2.75) is 45.3 Å². The fraction of sp³-hybridized carbons (Fsp3) is 0.529. The van der Waals surface area contributed by atoms with Crippen molar-refractivity contribution in [2.75, 3.05) is 6.61 Å². The van der Waals surface area contributed by atoms with E-state index >= 15 is 0 Å². The van der Waals surface area contributed by atoms with Crippen molar-refractivity contribution in [1.82, 2.24) is 9.55 Å². The highest BCUT2D eigenvalue weighted by molar-refractivity contribution is 5.82. The van der Waals surface area contributed by atoms with Crippen LogP contribution >= 0.6 is 0 Å². The Morgan fingerprint density at radius 2 is 2.18 bits per heavy atom. The molecule has 0 bridgehead atoms. The molecule has 3 rings (SSSR count). The van der Waals surface area contributed by atoms with Crippen molar-refractivity contribution in [2.24, 2.45) is 12.8 Å². The molecule has 2 atom stereocenters. The molecule has 5 heteroatoms. The van der Waals surface area contributed by atoms with Crippen molar-refractivity contribution >= 4 is 10.9 Å². The fourth-order valence-corrected chi connectivity index (χ4v) is 3.33. The summed E-state index contributed by atoms with van der Waals surface area (Å²) in [7, 11) is 1.77. The summed E-state index contributed by atoms with van der Waals surface area (Å²) in [5.74, 6) is 0.688. The van der Waals surface area contributed by atoms with Gasteiger partial charge >= 0.3 is 0 Å². The van der Waals surface area contributed by atoms with E-state index in [0.717, 1.165) is 24.0 Å². The van der Waals surface area contributed by atoms with Crippen LogP contribution in [-0.2, 0) is 17.4 Å². The van der Waals surface area contributed by atoms with Gasteiger partial charge in [-0.05, 0) is 50.8 Å². The van der Waals surface area contributed by atoms with Gasteiger partial charge in [0, 0.05) is 19.7 Å². The second-order valence-corrected chi connectivity index (χ2v) is 6.52. The van der Waals surface area contributed by atoms with E-state index in [0.29, 0.717) is 23.3 Å². The standard InChI is InChI=1S/C17H23N3O2/c1-10-8-12(11(2)18)14-13(9-10)15(21)20(4)16(19-14)17(3)6-5-7-22-17/h8-9,11H,5-7,18H2,1-4H3. The van der Waals surface area contributed by atoms with Gasteiger partial charge in [-0.3, -0.25) is 9.36 Å². The molecule has 22 heavy (non-hydrogen) atoms. The van der Waals surface area contributed by atoms with E-state index in [1.807, 2.05) is 32.9 Å². The van der Waals surface area contributed by atoms with E-state index in [4.69, 9.17) is 15.5 Å². The van der Waals surface area contributed by atoms with E-state index in [1.54, 1.807) is 11.6 Å². The van der Waals surface area contributed by atoms with Crippen molar-refractivity contribution in [3.8, 4) is 0 Å². The lowest BCUT2D eigenvalue weighted by atomic mass is 9.99. The molecule has 2 N–H and O–H groups in total. The van der Waals surface area contributed by atoms with Gasteiger partial charge in [0.2, 0.25) is 0 Å². The number of hydrogen-bond acceptors (Lipinski definition) is 4. The zero-order chi connectivity index (χ0) is 16.1. The topological polar surface area (TPSA) is 70.1 Å². The van der Waals surface area contributed by atoms with E-state index in [9.17, 15) is 4.79 Å². The third-order valence-electron chi connectivity index (χ3n) is 4.54. The van der Waals surface area contributed by atoms with Crippen LogP contribution in [0.2, 0.25) is 0 Å². The molecule has 2 unspecified atom stereocenters. The number of fused-ring (bicyclic) bond motifs is 1. The van der Waals surface area contributed by atoms with Gasteiger partial charge in [0.05, 0.1) is 10.9 Å². The number of hydrogen-bond donors (Lipinski definition) is 1. The number of nitrogens with zero attached hydrogens (tertiary/aromatic N) is 2. The Kier molecular flexibility index (Phi) is 3.57. The average Bonchev–Trinajstić information content (AvgIpc) is 2.90. The van der Waals surface area contributed by atoms with Crippen LogP contribution < -0.4 is 11.3 Å². The summed E-state index contributed by atoms with van der Waals surface area (Å²) in [6.45, 7) is 6.60. The SMILES string of the molecule is Cc1cc(C(C)N)c2nc(C3(C)CCCO3)n(C)c(=O)c2c1. The van der Waals surface area contributed by atoms with Crippen molar-refractivity contribution < 1.29 is 4.74 Å². The highest BCUT2D eigenvalue weighted by Gasteiger charge is 2.36. The highest BCUT2D eigenvalue weighted by Crippen LogP contribution is 2.35. The first-order valence-corrected chi connectivity index (χ1v) is 7.75. The number of aromatic nitrogens is 2. The van der Waals surface area contributed by atoms with Crippen molar-refractivity contribution in [3.63, 3.8) is 0 Å². The molecule has 1 aliphatic rings. The Balaban J connectivity index is 2.37. The summed E-state index contributed by atoms with van der Waals surface area (Å²) in [4.78, 5) is 17.6. The van der Waals surface area contributed by atoms with Gasteiger partial charge < -0.3 is 10.5 Å². The first-order chi connectivity index (χ1) is 10.3. The molecule has 0 radical (unpaired) electrons. The number of rotatable bonds is 2. The number of ether oxygens (including phenoxy) is 1. The largest absolute Gasteiger partial charge is 0.367 e. The minimum absolute atomic E-state index is 0.0395. The Hall–Kier alpha value is -1.72. The molecule has 0 amide bonds. The number of benzene rings is 1.